The Morgan fingerprint density at radius 1 is 1.33 bits per heavy atom. The van der Waals surface area contributed by atoms with Crippen LogP contribution in [0, 0.1) is 5.92 Å². The molecule has 0 N–H and O–H groups in total. The van der Waals surface area contributed by atoms with Crippen LogP contribution in [0.15, 0.2) is 36.0 Å². The maximum Gasteiger partial charge on any atom is 0.331 e. The molecule has 2 rings (SSSR count). The minimum Gasteiger partial charge on any atom is -0.454 e. The minimum absolute atomic E-state index is 0.0764. The molecule has 0 amide bonds. The molecule has 1 aliphatic carbocycles. The number of hydrogen-bond donors (Lipinski definition) is 0. The van der Waals surface area contributed by atoms with E-state index < -0.39 is 0 Å². The third kappa shape index (κ3) is 1.09. The first-order chi connectivity index (χ1) is 5.77. The van der Waals surface area contributed by atoms with Crippen molar-refractivity contribution in [3.8, 4) is 0 Å². The fourth-order valence-electron chi connectivity index (χ4n) is 1.56. The largest absolute Gasteiger partial charge is 0.454 e. The van der Waals surface area contributed by atoms with E-state index in [1.807, 2.05) is 25.2 Å². The van der Waals surface area contributed by atoms with Crippen molar-refractivity contribution >= 4 is 5.97 Å². The molecule has 0 saturated carbocycles. The van der Waals surface area contributed by atoms with Crippen molar-refractivity contribution in [1.82, 2.24) is 0 Å². The quantitative estimate of drug-likeness (QED) is 0.506. The zero-order valence-corrected chi connectivity index (χ0v) is 6.86. The van der Waals surface area contributed by atoms with E-state index in [1.165, 1.54) is 0 Å². The number of fused-ring (bicyclic) bond motifs is 1. The highest BCUT2D eigenvalue weighted by molar-refractivity contribution is 5.84. The van der Waals surface area contributed by atoms with E-state index in [4.69, 9.17) is 4.74 Å². The van der Waals surface area contributed by atoms with Gasteiger partial charge in [-0.3, -0.25) is 0 Å². The van der Waals surface area contributed by atoms with Gasteiger partial charge in [0, 0.05) is 12.0 Å². The highest BCUT2D eigenvalue weighted by Gasteiger charge is 2.27. The fourth-order valence-corrected chi connectivity index (χ4v) is 1.56. The Kier molecular flexibility index (Phi) is 1.61. The first-order valence-corrected chi connectivity index (χ1v) is 4.01. The monoisotopic (exact) mass is 162 g/mol. The zero-order chi connectivity index (χ0) is 8.55. The van der Waals surface area contributed by atoms with Crippen LogP contribution >= 0.6 is 0 Å². The van der Waals surface area contributed by atoms with Gasteiger partial charge < -0.3 is 4.74 Å². The topological polar surface area (TPSA) is 26.3 Å². The molecule has 2 atom stereocenters. The van der Waals surface area contributed by atoms with Crippen molar-refractivity contribution in [3.05, 3.63) is 36.0 Å². The summed E-state index contributed by atoms with van der Waals surface area (Å²) in [5.74, 6) is 0.0291. The number of hydrogen-bond acceptors (Lipinski definition) is 2. The third-order valence-electron chi connectivity index (χ3n) is 2.21. The molecule has 0 aromatic heterocycles. The van der Waals surface area contributed by atoms with E-state index in [0.717, 1.165) is 5.57 Å². The second-order valence-corrected chi connectivity index (χ2v) is 3.09. The molecule has 0 saturated heterocycles. The molecule has 2 unspecified atom stereocenters. The van der Waals surface area contributed by atoms with Gasteiger partial charge in [0.05, 0.1) is 0 Å². The molecule has 12 heavy (non-hydrogen) atoms. The van der Waals surface area contributed by atoms with Crippen LogP contribution in [0.3, 0.4) is 0 Å². The van der Waals surface area contributed by atoms with Crippen molar-refractivity contribution in [2.24, 2.45) is 5.92 Å². The summed E-state index contributed by atoms with van der Waals surface area (Å²) in [5, 5.41) is 0. The second kappa shape index (κ2) is 2.63. The lowest BCUT2D eigenvalue weighted by molar-refractivity contribution is -0.143. The third-order valence-corrected chi connectivity index (χ3v) is 2.21. The molecule has 0 aromatic carbocycles. The summed E-state index contributed by atoms with van der Waals surface area (Å²) in [6, 6.07) is 0. The number of carbonyl (C=O) groups excluding carboxylic acids is 1. The van der Waals surface area contributed by atoms with E-state index in [1.54, 1.807) is 6.08 Å². The number of rotatable bonds is 0. The molecular formula is C10H10O2. The first kappa shape index (κ1) is 7.35. The van der Waals surface area contributed by atoms with Crippen LogP contribution < -0.4 is 0 Å². The van der Waals surface area contributed by atoms with Crippen molar-refractivity contribution in [2.45, 2.75) is 13.0 Å². The Morgan fingerprint density at radius 2 is 2.08 bits per heavy atom. The van der Waals surface area contributed by atoms with Gasteiger partial charge in [0.15, 0.2) is 0 Å². The summed E-state index contributed by atoms with van der Waals surface area (Å²) < 4.78 is 5.11. The van der Waals surface area contributed by atoms with Crippen LogP contribution in [0.5, 0.6) is 0 Å². The lowest BCUT2D eigenvalue weighted by atomic mass is 9.89. The van der Waals surface area contributed by atoms with Crippen molar-refractivity contribution in [2.75, 3.05) is 0 Å². The lowest BCUT2D eigenvalue weighted by Gasteiger charge is -2.27. The molecule has 0 bridgehead atoms. The molecule has 2 aliphatic rings. The summed E-state index contributed by atoms with van der Waals surface area (Å²) in [4.78, 5) is 11.0. The Hall–Kier alpha value is -1.31. The SMILES string of the molecule is CC1=CC(=O)OC2C=CC=CC12. The van der Waals surface area contributed by atoms with Crippen LogP contribution in [0.4, 0.5) is 0 Å². The molecule has 1 heterocycles. The Balaban J connectivity index is 2.34. The highest BCUT2D eigenvalue weighted by Crippen LogP contribution is 2.27. The van der Waals surface area contributed by atoms with Crippen molar-refractivity contribution in [1.29, 1.82) is 0 Å². The Bertz CT molecular complexity index is 297. The lowest BCUT2D eigenvalue weighted by Crippen LogP contribution is -2.29. The van der Waals surface area contributed by atoms with Gasteiger partial charge in [0.2, 0.25) is 0 Å². The zero-order valence-electron chi connectivity index (χ0n) is 6.86. The van der Waals surface area contributed by atoms with Crippen molar-refractivity contribution in [3.63, 3.8) is 0 Å². The van der Waals surface area contributed by atoms with Crippen LogP contribution in [0.2, 0.25) is 0 Å². The molecule has 2 heteroatoms. The average Bonchev–Trinajstić information content (AvgIpc) is 2.04. The number of allylic oxidation sites excluding steroid dienone is 2. The van der Waals surface area contributed by atoms with Gasteiger partial charge in [-0.25, -0.2) is 4.79 Å². The molecule has 0 radical (unpaired) electrons. The summed E-state index contributed by atoms with van der Waals surface area (Å²) in [7, 11) is 0. The maximum atomic E-state index is 11.0. The van der Waals surface area contributed by atoms with E-state index in [2.05, 4.69) is 6.08 Å². The van der Waals surface area contributed by atoms with Crippen LogP contribution in [0.1, 0.15) is 6.92 Å². The maximum absolute atomic E-state index is 11.0. The predicted molar refractivity (Wildman–Crippen MR) is 45.4 cm³/mol. The molecule has 62 valence electrons. The van der Waals surface area contributed by atoms with Gasteiger partial charge >= 0.3 is 5.97 Å². The van der Waals surface area contributed by atoms with Crippen LogP contribution in [-0.4, -0.2) is 12.1 Å². The molecule has 2 nitrogen and oxygen atoms in total. The van der Waals surface area contributed by atoms with Gasteiger partial charge in [0.1, 0.15) is 6.10 Å². The van der Waals surface area contributed by atoms with Gasteiger partial charge in [-0.15, -0.1) is 0 Å². The van der Waals surface area contributed by atoms with Crippen molar-refractivity contribution < 1.29 is 9.53 Å². The normalized spacial score (nSPS) is 32.4. The van der Waals surface area contributed by atoms with Crippen LogP contribution in [0.25, 0.3) is 0 Å². The summed E-state index contributed by atoms with van der Waals surface area (Å²) >= 11 is 0. The number of ether oxygens (including phenoxy) is 1. The minimum atomic E-state index is -0.228. The van der Waals surface area contributed by atoms with E-state index >= 15 is 0 Å². The second-order valence-electron chi connectivity index (χ2n) is 3.09. The summed E-state index contributed by atoms with van der Waals surface area (Å²) in [6.07, 6.45) is 9.35. The van der Waals surface area contributed by atoms with Gasteiger partial charge in [0.25, 0.3) is 0 Å². The standard InChI is InChI=1S/C10H10O2/c1-7-6-10(11)12-9-5-3-2-4-8(7)9/h2-6,8-9H,1H3. The summed E-state index contributed by atoms with van der Waals surface area (Å²) in [6.45, 7) is 1.96. The van der Waals surface area contributed by atoms with Crippen LogP contribution in [-0.2, 0) is 9.53 Å². The van der Waals surface area contributed by atoms with E-state index in [0.29, 0.717) is 0 Å². The van der Waals surface area contributed by atoms with Gasteiger partial charge in [-0.1, -0.05) is 23.8 Å². The molecule has 0 fully saturated rings. The Labute approximate surface area is 71.2 Å². The number of esters is 1. The fraction of sp³-hybridized carbons (Fsp3) is 0.300. The predicted octanol–water partition coefficient (Wildman–Crippen LogP) is 1.60. The Morgan fingerprint density at radius 3 is 2.92 bits per heavy atom. The first-order valence-electron chi connectivity index (χ1n) is 4.01. The van der Waals surface area contributed by atoms with E-state index in [-0.39, 0.29) is 18.0 Å². The summed E-state index contributed by atoms with van der Waals surface area (Å²) in [5.41, 5.74) is 1.08. The molecular weight excluding hydrogens is 152 g/mol. The molecule has 0 spiro atoms. The smallest absolute Gasteiger partial charge is 0.331 e. The average molecular weight is 162 g/mol. The molecule has 0 aromatic rings. The van der Waals surface area contributed by atoms with Gasteiger partial charge in [-0.05, 0) is 13.0 Å². The highest BCUT2D eigenvalue weighted by atomic mass is 16.5. The molecule has 1 aliphatic heterocycles. The van der Waals surface area contributed by atoms with E-state index in [9.17, 15) is 4.79 Å². The number of carbonyl (C=O) groups is 1. The van der Waals surface area contributed by atoms with Gasteiger partial charge in [-0.2, -0.15) is 0 Å².